The van der Waals surface area contributed by atoms with E-state index in [0.29, 0.717) is 5.69 Å². The molecule has 0 saturated heterocycles. The third-order valence-electron chi connectivity index (χ3n) is 4.02. The maximum Gasteiger partial charge on any atom is 0.160 e. The van der Waals surface area contributed by atoms with Crippen LogP contribution in [0.25, 0.3) is 21.8 Å². The van der Waals surface area contributed by atoms with E-state index in [1.807, 2.05) is 37.5 Å². The van der Waals surface area contributed by atoms with E-state index in [-0.39, 0.29) is 0 Å². The Labute approximate surface area is 131 Å². The zero-order chi connectivity index (χ0) is 16.0. The van der Waals surface area contributed by atoms with Crippen molar-refractivity contribution in [2.75, 3.05) is 5.32 Å². The number of aromatic nitrogens is 2. The molecule has 114 valence electrons. The van der Waals surface area contributed by atoms with Crippen LogP contribution in [0.15, 0.2) is 54.9 Å². The minimum atomic E-state index is -0.869. The highest BCUT2D eigenvalue weighted by molar-refractivity contribution is 6.08. The molecule has 0 aliphatic carbocycles. The van der Waals surface area contributed by atoms with Crippen molar-refractivity contribution in [2.45, 2.75) is 0 Å². The first kappa shape index (κ1) is 13.7. The fourth-order valence-corrected chi connectivity index (χ4v) is 2.87. The van der Waals surface area contributed by atoms with Gasteiger partial charge >= 0.3 is 0 Å². The van der Waals surface area contributed by atoms with Crippen molar-refractivity contribution in [3.05, 3.63) is 66.5 Å². The zero-order valence-corrected chi connectivity index (χ0v) is 12.3. The fraction of sp³-hybridized carbons (Fsp3) is 0.0556. The Bertz CT molecular complexity index is 1040. The van der Waals surface area contributed by atoms with Crippen LogP contribution in [-0.2, 0) is 7.05 Å². The van der Waals surface area contributed by atoms with E-state index in [9.17, 15) is 8.78 Å². The molecule has 0 bridgehead atoms. The highest BCUT2D eigenvalue weighted by atomic mass is 19.2. The van der Waals surface area contributed by atoms with Crippen LogP contribution in [0.5, 0.6) is 0 Å². The van der Waals surface area contributed by atoms with E-state index in [0.717, 1.165) is 39.6 Å². The van der Waals surface area contributed by atoms with Gasteiger partial charge in [-0.15, -0.1) is 0 Å². The van der Waals surface area contributed by atoms with Crippen molar-refractivity contribution < 1.29 is 8.78 Å². The average Bonchev–Trinajstić information content (AvgIpc) is 2.84. The predicted molar refractivity (Wildman–Crippen MR) is 87.9 cm³/mol. The van der Waals surface area contributed by atoms with Crippen LogP contribution in [0.1, 0.15) is 0 Å². The number of pyridine rings is 1. The van der Waals surface area contributed by atoms with Crippen molar-refractivity contribution in [3.63, 3.8) is 0 Å². The lowest BCUT2D eigenvalue weighted by Crippen LogP contribution is -1.93. The molecule has 0 aliphatic rings. The minimum Gasteiger partial charge on any atom is -0.355 e. The lowest BCUT2D eigenvalue weighted by Gasteiger charge is -2.08. The van der Waals surface area contributed by atoms with Crippen LogP contribution in [-0.4, -0.2) is 9.55 Å². The Hall–Kier alpha value is -2.95. The largest absolute Gasteiger partial charge is 0.355 e. The maximum atomic E-state index is 13.3. The smallest absolute Gasteiger partial charge is 0.160 e. The lowest BCUT2D eigenvalue weighted by molar-refractivity contribution is 0.509. The number of halogens is 2. The molecule has 0 unspecified atom stereocenters. The van der Waals surface area contributed by atoms with E-state index in [1.54, 1.807) is 6.20 Å². The summed E-state index contributed by atoms with van der Waals surface area (Å²) in [6.07, 6.45) is 3.61. The molecule has 4 aromatic rings. The molecule has 4 rings (SSSR count). The van der Waals surface area contributed by atoms with Crippen molar-refractivity contribution in [3.8, 4) is 0 Å². The number of nitrogens with zero attached hydrogens (tertiary/aromatic N) is 2. The van der Waals surface area contributed by atoms with Gasteiger partial charge in [0.2, 0.25) is 0 Å². The molecule has 2 aromatic carbocycles. The molecule has 23 heavy (non-hydrogen) atoms. The Morgan fingerprint density at radius 3 is 2.48 bits per heavy atom. The lowest BCUT2D eigenvalue weighted by atomic mass is 10.2. The van der Waals surface area contributed by atoms with Crippen molar-refractivity contribution in [2.24, 2.45) is 7.05 Å². The first-order valence-electron chi connectivity index (χ1n) is 7.18. The van der Waals surface area contributed by atoms with Crippen LogP contribution in [0.3, 0.4) is 0 Å². The first-order chi connectivity index (χ1) is 11.1. The fourth-order valence-electron chi connectivity index (χ4n) is 2.87. The summed E-state index contributed by atoms with van der Waals surface area (Å²) in [5.41, 5.74) is 3.45. The number of rotatable bonds is 2. The molecule has 0 fully saturated rings. The van der Waals surface area contributed by atoms with Crippen LogP contribution in [0.4, 0.5) is 20.2 Å². The number of hydrogen-bond donors (Lipinski definition) is 1. The van der Waals surface area contributed by atoms with Gasteiger partial charge in [-0.1, -0.05) is 6.07 Å². The van der Waals surface area contributed by atoms with Gasteiger partial charge in [0.1, 0.15) is 0 Å². The highest BCUT2D eigenvalue weighted by Gasteiger charge is 2.09. The van der Waals surface area contributed by atoms with Gasteiger partial charge in [0.15, 0.2) is 11.6 Å². The van der Waals surface area contributed by atoms with Crippen molar-refractivity contribution in [1.29, 1.82) is 0 Å². The molecule has 5 heteroatoms. The second kappa shape index (κ2) is 5.05. The van der Waals surface area contributed by atoms with Gasteiger partial charge in [0.05, 0.1) is 11.0 Å². The molecule has 3 nitrogen and oxygen atoms in total. The van der Waals surface area contributed by atoms with Gasteiger partial charge in [-0.2, -0.15) is 0 Å². The van der Waals surface area contributed by atoms with Crippen LogP contribution < -0.4 is 5.32 Å². The SMILES string of the molecule is Cn1c2ccncc2c2ccc(Nc3ccc(F)c(F)c3)cc21. The normalized spacial score (nSPS) is 11.3. The van der Waals surface area contributed by atoms with Crippen molar-refractivity contribution >= 4 is 33.2 Å². The monoisotopic (exact) mass is 309 g/mol. The molecule has 0 radical (unpaired) electrons. The van der Waals surface area contributed by atoms with Gasteiger partial charge < -0.3 is 9.88 Å². The molecule has 2 heterocycles. The summed E-state index contributed by atoms with van der Waals surface area (Å²) >= 11 is 0. The van der Waals surface area contributed by atoms with Crippen LogP contribution in [0.2, 0.25) is 0 Å². The summed E-state index contributed by atoms with van der Waals surface area (Å²) in [4.78, 5) is 4.18. The number of aryl methyl sites for hydroxylation is 1. The van der Waals surface area contributed by atoms with Gasteiger partial charge in [0.25, 0.3) is 0 Å². The molecule has 0 spiro atoms. The number of anilines is 2. The van der Waals surface area contributed by atoms with Crippen LogP contribution >= 0.6 is 0 Å². The molecule has 0 saturated carbocycles. The number of nitrogens with one attached hydrogen (secondary N) is 1. The van der Waals surface area contributed by atoms with Gasteiger partial charge in [-0.05, 0) is 30.3 Å². The Balaban J connectivity index is 1.81. The van der Waals surface area contributed by atoms with Crippen molar-refractivity contribution in [1.82, 2.24) is 9.55 Å². The Kier molecular flexibility index (Phi) is 3.01. The van der Waals surface area contributed by atoms with Gasteiger partial charge in [-0.25, -0.2) is 8.78 Å². The quantitative estimate of drug-likeness (QED) is 0.579. The summed E-state index contributed by atoms with van der Waals surface area (Å²) in [5.74, 6) is -1.72. The Morgan fingerprint density at radius 1 is 0.870 bits per heavy atom. The number of benzene rings is 2. The molecular formula is C18H13F2N3. The van der Waals surface area contributed by atoms with Gasteiger partial charge in [0, 0.05) is 47.7 Å². The maximum absolute atomic E-state index is 13.3. The summed E-state index contributed by atoms with van der Waals surface area (Å²) < 4.78 is 28.4. The molecule has 0 amide bonds. The predicted octanol–water partition coefficient (Wildman–Crippen LogP) is 4.75. The zero-order valence-electron chi connectivity index (χ0n) is 12.3. The molecule has 2 aromatic heterocycles. The Morgan fingerprint density at radius 2 is 1.65 bits per heavy atom. The molecule has 0 aliphatic heterocycles. The van der Waals surface area contributed by atoms with Gasteiger partial charge in [-0.3, -0.25) is 4.98 Å². The summed E-state index contributed by atoms with van der Waals surface area (Å²) in [6.45, 7) is 0. The van der Waals surface area contributed by atoms with E-state index in [4.69, 9.17) is 0 Å². The summed E-state index contributed by atoms with van der Waals surface area (Å²) in [7, 11) is 1.99. The summed E-state index contributed by atoms with van der Waals surface area (Å²) in [6, 6.07) is 11.6. The van der Waals surface area contributed by atoms with E-state index < -0.39 is 11.6 Å². The topological polar surface area (TPSA) is 29.9 Å². The highest BCUT2D eigenvalue weighted by Crippen LogP contribution is 2.30. The van der Waals surface area contributed by atoms with E-state index in [2.05, 4.69) is 14.9 Å². The second-order valence-corrected chi connectivity index (χ2v) is 5.44. The third-order valence-corrected chi connectivity index (χ3v) is 4.02. The standard InChI is InChI=1S/C18H13F2N3/c1-23-17-6-7-21-10-14(17)13-4-2-12(9-18(13)23)22-11-3-5-15(19)16(20)8-11/h2-10,22H,1H3. The molecule has 0 atom stereocenters. The van der Waals surface area contributed by atoms with E-state index >= 15 is 0 Å². The third kappa shape index (κ3) is 2.21. The first-order valence-corrected chi connectivity index (χ1v) is 7.18. The molecular weight excluding hydrogens is 296 g/mol. The number of fused-ring (bicyclic) bond motifs is 3. The summed E-state index contributed by atoms with van der Waals surface area (Å²) in [5, 5.41) is 5.29. The minimum absolute atomic E-state index is 0.503. The number of hydrogen-bond acceptors (Lipinski definition) is 2. The average molecular weight is 309 g/mol. The van der Waals surface area contributed by atoms with E-state index in [1.165, 1.54) is 6.07 Å². The van der Waals surface area contributed by atoms with Crippen LogP contribution in [0, 0.1) is 11.6 Å². The molecule has 1 N–H and O–H groups in total. The second-order valence-electron chi connectivity index (χ2n) is 5.44.